The lowest BCUT2D eigenvalue weighted by molar-refractivity contribution is 0.175. The minimum Gasteiger partial charge on any atom is -0.388 e. The molecule has 2 aromatic carbocycles. The normalized spacial score (nSPS) is 13.0. The van der Waals surface area contributed by atoms with Crippen molar-refractivity contribution in [3.8, 4) is 0 Å². The van der Waals surface area contributed by atoms with Crippen LogP contribution in [0.1, 0.15) is 25.0 Å². The molecular weight excluding hydrogens is 208 g/mol. The molecule has 78 valence electrons. The van der Waals surface area contributed by atoms with Gasteiger partial charge in [-0.3, -0.25) is 0 Å². The first-order chi connectivity index (χ1) is 7.24. The Balaban J connectivity index is 2.71. The lowest BCUT2D eigenvalue weighted by Crippen LogP contribution is -1.96. The summed E-state index contributed by atoms with van der Waals surface area (Å²) in [7, 11) is 0. The van der Waals surface area contributed by atoms with Crippen molar-refractivity contribution in [2.45, 2.75) is 19.4 Å². The van der Waals surface area contributed by atoms with Gasteiger partial charge in [-0.05, 0) is 23.4 Å². The number of fused-ring (bicyclic) bond motifs is 1. The molecule has 0 aliphatic heterocycles. The van der Waals surface area contributed by atoms with Crippen LogP contribution in [0.4, 0.5) is 0 Å². The maximum absolute atomic E-state index is 9.88. The van der Waals surface area contributed by atoms with E-state index in [2.05, 4.69) is 0 Å². The number of hydrogen-bond acceptors (Lipinski definition) is 1. The summed E-state index contributed by atoms with van der Waals surface area (Å²) in [5, 5.41) is 12.7. The Hall–Kier alpha value is -1.05. The van der Waals surface area contributed by atoms with Crippen molar-refractivity contribution >= 4 is 22.4 Å². The summed E-state index contributed by atoms with van der Waals surface area (Å²) in [6.07, 6.45) is 0.304. The smallest absolute Gasteiger partial charge is 0.0793 e. The highest BCUT2D eigenvalue weighted by Gasteiger charge is 2.10. The van der Waals surface area contributed by atoms with Crippen LogP contribution < -0.4 is 0 Å². The minimum absolute atomic E-state index is 0.410. The quantitative estimate of drug-likeness (QED) is 0.813. The standard InChI is InChI=1S/C13H13ClO/c1-2-13(15)11-7-8-12(14)10-6-4-3-5-9(10)11/h3-8,13,15H,2H2,1H3. The molecule has 0 aliphatic rings. The van der Waals surface area contributed by atoms with E-state index in [-0.39, 0.29) is 0 Å². The van der Waals surface area contributed by atoms with Crippen LogP contribution in [0.3, 0.4) is 0 Å². The van der Waals surface area contributed by atoms with E-state index in [9.17, 15) is 5.11 Å². The van der Waals surface area contributed by atoms with E-state index in [1.54, 1.807) is 0 Å². The van der Waals surface area contributed by atoms with Crippen molar-refractivity contribution in [2.24, 2.45) is 0 Å². The minimum atomic E-state index is -0.410. The third kappa shape index (κ3) is 1.85. The Morgan fingerprint density at radius 2 is 1.80 bits per heavy atom. The zero-order chi connectivity index (χ0) is 10.8. The molecule has 1 unspecified atom stereocenters. The average molecular weight is 221 g/mol. The summed E-state index contributed by atoms with van der Waals surface area (Å²) < 4.78 is 0. The van der Waals surface area contributed by atoms with Crippen molar-refractivity contribution in [1.82, 2.24) is 0 Å². The SMILES string of the molecule is CCC(O)c1ccc(Cl)c2ccccc12. The van der Waals surface area contributed by atoms with Gasteiger partial charge in [0.05, 0.1) is 6.10 Å². The molecule has 0 fully saturated rings. The summed E-state index contributed by atoms with van der Waals surface area (Å²) in [4.78, 5) is 0. The van der Waals surface area contributed by atoms with E-state index < -0.39 is 6.10 Å². The Labute approximate surface area is 94.3 Å². The van der Waals surface area contributed by atoms with Gasteiger partial charge < -0.3 is 5.11 Å². The van der Waals surface area contributed by atoms with Gasteiger partial charge in [0.15, 0.2) is 0 Å². The van der Waals surface area contributed by atoms with Crippen LogP contribution in [0.2, 0.25) is 5.02 Å². The number of benzene rings is 2. The second-order valence-corrected chi connectivity index (χ2v) is 4.01. The molecule has 1 nitrogen and oxygen atoms in total. The lowest BCUT2D eigenvalue weighted by atomic mass is 9.99. The fourth-order valence-electron chi connectivity index (χ4n) is 1.80. The second-order valence-electron chi connectivity index (χ2n) is 3.61. The monoisotopic (exact) mass is 220 g/mol. The molecule has 0 radical (unpaired) electrons. The number of rotatable bonds is 2. The molecule has 2 aromatic rings. The second kappa shape index (κ2) is 4.21. The molecule has 1 atom stereocenters. The predicted molar refractivity (Wildman–Crippen MR) is 64.2 cm³/mol. The van der Waals surface area contributed by atoms with Gasteiger partial charge in [-0.25, -0.2) is 0 Å². The molecule has 2 heteroatoms. The van der Waals surface area contributed by atoms with Gasteiger partial charge in [-0.15, -0.1) is 0 Å². The van der Waals surface area contributed by atoms with E-state index in [0.717, 1.165) is 21.4 Å². The predicted octanol–water partition coefficient (Wildman–Crippen LogP) is 3.94. The molecule has 0 heterocycles. The van der Waals surface area contributed by atoms with E-state index in [1.165, 1.54) is 0 Å². The molecule has 0 saturated heterocycles. The first kappa shape index (κ1) is 10.5. The summed E-state index contributed by atoms with van der Waals surface area (Å²) in [6.45, 7) is 1.97. The molecule has 15 heavy (non-hydrogen) atoms. The molecule has 2 rings (SSSR count). The van der Waals surface area contributed by atoms with Crippen LogP contribution in [-0.2, 0) is 0 Å². The third-order valence-electron chi connectivity index (χ3n) is 2.65. The summed E-state index contributed by atoms with van der Waals surface area (Å²) in [6, 6.07) is 11.6. The highest BCUT2D eigenvalue weighted by molar-refractivity contribution is 6.35. The summed E-state index contributed by atoms with van der Waals surface area (Å²) >= 11 is 6.10. The maximum Gasteiger partial charge on any atom is 0.0793 e. The number of aliphatic hydroxyl groups is 1. The molecule has 1 N–H and O–H groups in total. The Morgan fingerprint density at radius 3 is 2.47 bits per heavy atom. The number of halogens is 1. The molecule has 0 spiro atoms. The number of aliphatic hydroxyl groups excluding tert-OH is 1. The van der Waals surface area contributed by atoms with Crippen LogP contribution in [0.15, 0.2) is 36.4 Å². The average Bonchev–Trinajstić information content (AvgIpc) is 2.29. The van der Waals surface area contributed by atoms with E-state index >= 15 is 0 Å². The van der Waals surface area contributed by atoms with Crippen LogP contribution in [0, 0.1) is 0 Å². The fraction of sp³-hybridized carbons (Fsp3) is 0.231. The van der Waals surface area contributed by atoms with Crippen molar-refractivity contribution in [3.05, 3.63) is 47.0 Å². The zero-order valence-corrected chi connectivity index (χ0v) is 9.33. The van der Waals surface area contributed by atoms with Crippen LogP contribution in [0.25, 0.3) is 10.8 Å². The van der Waals surface area contributed by atoms with Crippen LogP contribution in [-0.4, -0.2) is 5.11 Å². The van der Waals surface area contributed by atoms with Gasteiger partial charge in [0, 0.05) is 10.4 Å². The summed E-state index contributed by atoms with van der Waals surface area (Å²) in [5.74, 6) is 0. The molecular formula is C13H13ClO. The van der Waals surface area contributed by atoms with Crippen LogP contribution in [0.5, 0.6) is 0 Å². The maximum atomic E-state index is 9.88. The van der Waals surface area contributed by atoms with Crippen molar-refractivity contribution in [3.63, 3.8) is 0 Å². The largest absolute Gasteiger partial charge is 0.388 e. The topological polar surface area (TPSA) is 20.2 Å². The zero-order valence-electron chi connectivity index (χ0n) is 8.57. The molecule has 0 bridgehead atoms. The van der Waals surface area contributed by atoms with Crippen molar-refractivity contribution < 1.29 is 5.11 Å². The van der Waals surface area contributed by atoms with Gasteiger partial charge in [0.25, 0.3) is 0 Å². The first-order valence-electron chi connectivity index (χ1n) is 5.09. The number of hydrogen-bond donors (Lipinski definition) is 1. The van der Waals surface area contributed by atoms with E-state index in [4.69, 9.17) is 11.6 Å². The summed E-state index contributed by atoms with van der Waals surface area (Å²) in [5.41, 5.74) is 0.956. The van der Waals surface area contributed by atoms with Crippen LogP contribution >= 0.6 is 11.6 Å². The van der Waals surface area contributed by atoms with E-state index in [1.807, 2.05) is 43.3 Å². The van der Waals surface area contributed by atoms with Gasteiger partial charge in [-0.2, -0.15) is 0 Å². The Kier molecular flexibility index (Phi) is 2.94. The van der Waals surface area contributed by atoms with Gasteiger partial charge in [0.2, 0.25) is 0 Å². The molecule has 0 saturated carbocycles. The first-order valence-corrected chi connectivity index (χ1v) is 5.47. The molecule has 0 aliphatic carbocycles. The highest BCUT2D eigenvalue weighted by Crippen LogP contribution is 2.30. The fourth-order valence-corrected chi connectivity index (χ4v) is 2.02. The highest BCUT2D eigenvalue weighted by atomic mass is 35.5. The Bertz CT molecular complexity index is 479. The van der Waals surface area contributed by atoms with Gasteiger partial charge in [-0.1, -0.05) is 48.9 Å². The Morgan fingerprint density at radius 1 is 1.13 bits per heavy atom. The van der Waals surface area contributed by atoms with Crippen molar-refractivity contribution in [2.75, 3.05) is 0 Å². The third-order valence-corrected chi connectivity index (χ3v) is 2.98. The van der Waals surface area contributed by atoms with Crippen molar-refractivity contribution in [1.29, 1.82) is 0 Å². The van der Waals surface area contributed by atoms with Gasteiger partial charge in [0.1, 0.15) is 0 Å². The molecule has 0 amide bonds. The van der Waals surface area contributed by atoms with Gasteiger partial charge >= 0.3 is 0 Å². The molecule has 0 aromatic heterocycles. The lowest BCUT2D eigenvalue weighted by Gasteiger charge is -2.12. The van der Waals surface area contributed by atoms with E-state index in [0.29, 0.717) is 6.42 Å².